The second-order valence-electron chi connectivity index (χ2n) is 9.48. The van der Waals surface area contributed by atoms with Crippen molar-refractivity contribution in [2.75, 3.05) is 13.7 Å². The Hall–Kier alpha value is -0.860. The fourth-order valence-corrected chi connectivity index (χ4v) is 2.93. The van der Waals surface area contributed by atoms with E-state index in [1.54, 1.807) is 0 Å². The standard InChI is InChI=1S/C21H35NO/c1-20(2,3)15-23-19-12-18(13-19)22(7)14-16-8-10-17(11-9-16)21(4,5)6/h8-11,18-19H,12-15H2,1-7H3. The molecule has 130 valence electrons. The Balaban J connectivity index is 1.77. The maximum atomic E-state index is 6.00. The van der Waals surface area contributed by atoms with Crippen molar-refractivity contribution in [2.45, 2.75) is 78.5 Å². The molecule has 0 amide bonds. The summed E-state index contributed by atoms with van der Waals surface area (Å²) in [5.74, 6) is 0. The molecule has 0 N–H and O–H groups in total. The Bertz CT molecular complexity index is 486. The van der Waals surface area contributed by atoms with Crippen LogP contribution >= 0.6 is 0 Å². The summed E-state index contributed by atoms with van der Waals surface area (Å²) in [6.45, 7) is 15.4. The average molecular weight is 318 g/mol. The van der Waals surface area contributed by atoms with Crippen LogP contribution in [0.4, 0.5) is 0 Å². The summed E-state index contributed by atoms with van der Waals surface area (Å²) in [6, 6.07) is 9.78. The van der Waals surface area contributed by atoms with E-state index < -0.39 is 0 Å². The van der Waals surface area contributed by atoms with Crippen molar-refractivity contribution in [1.29, 1.82) is 0 Å². The van der Waals surface area contributed by atoms with Crippen LogP contribution in [0.25, 0.3) is 0 Å². The predicted molar refractivity (Wildman–Crippen MR) is 98.8 cm³/mol. The van der Waals surface area contributed by atoms with Gasteiger partial charge in [-0.3, -0.25) is 4.90 Å². The zero-order chi connectivity index (χ0) is 17.3. The minimum Gasteiger partial charge on any atom is -0.378 e. The zero-order valence-electron chi connectivity index (χ0n) is 16.1. The molecular weight excluding hydrogens is 282 g/mol. The highest BCUT2D eigenvalue weighted by molar-refractivity contribution is 5.27. The molecule has 0 spiro atoms. The summed E-state index contributed by atoms with van der Waals surface area (Å²) in [7, 11) is 2.24. The van der Waals surface area contributed by atoms with E-state index in [1.165, 1.54) is 24.0 Å². The SMILES string of the molecule is CN(Cc1ccc(C(C)(C)C)cc1)C1CC(OCC(C)(C)C)C1. The molecule has 0 bridgehead atoms. The first-order chi connectivity index (χ1) is 10.5. The van der Waals surface area contributed by atoms with Crippen LogP contribution in [0.1, 0.15) is 65.5 Å². The van der Waals surface area contributed by atoms with Crippen molar-refractivity contribution < 1.29 is 4.74 Å². The van der Waals surface area contributed by atoms with E-state index in [0.717, 1.165) is 13.2 Å². The number of hydrogen-bond donors (Lipinski definition) is 0. The van der Waals surface area contributed by atoms with Gasteiger partial charge in [-0.25, -0.2) is 0 Å². The first-order valence-corrected chi connectivity index (χ1v) is 8.96. The third-order valence-corrected chi connectivity index (χ3v) is 4.70. The summed E-state index contributed by atoms with van der Waals surface area (Å²) in [6.07, 6.45) is 2.81. The van der Waals surface area contributed by atoms with Crippen LogP contribution in [0, 0.1) is 5.41 Å². The topological polar surface area (TPSA) is 12.5 Å². The highest BCUT2D eigenvalue weighted by Crippen LogP contribution is 2.30. The van der Waals surface area contributed by atoms with Gasteiger partial charge < -0.3 is 4.74 Å². The van der Waals surface area contributed by atoms with Crippen LogP contribution in [-0.2, 0) is 16.7 Å². The number of benzene rings is 1. The van der Waals surface area contributed by atoms with E-state index in [4.69, 9.17) is 4.74 Å². The van der Waals surface area contributed by atoms with E-state index in [1.807, 2.05) is 0 Å². The zero-order valence-corrected chi connectivity index (χ0v) is 16.1. The molecule has 0 heterocycles. The molecule has 1 fully saturated rings. The van der Waals surface area contributed by atoms with Crippen LogP contribution < -0.4 is 0 Å². The number of nitrogens with zero attached hydrogens (tertiary/aromatic N) is 1. The molecule has 0 unspecified atom stereocenters. The molecule has 2 heteroatoms. The Morgan fingerprint density at radius 2 is 1.57 bits per heavy atom. The van der Waals surface area contributed by atoms with Gasteiger partial charge in [0, 0.05) is 12.6 Å². The Labute approximate surface area is 143 Å². The molecule has 0 atom stereocenters. The lowest BCUT2D eigenvalue weighted by molar-refractivity contribution is -0.0690. The number of ether oxygens (including phenoxy) is 1. The molecule has 2 nitrogen and oxygen atoms in total. The summed E-state index contributed by atoms with van der Waals surface area (Å²) in [5.41, 5.74) is 3.31. The summed E-state index contributed by atoms with van der Waals surface area (Å²) < 4.78 is 6.00. The maximum Gasteiger partial charge on any atom is 0.0605 e. The van der Waals surface area contributed by atoms with Crippen molar-refractivity contribution in [2.24, 2.45) is 5.41 Å². The lowest BCUT2D eigenvalue weighted by Gasteiger charge is -2.42. The number of rotatable bonds is 5. The van der Waals surface area contributed by atoms with Gasteiger partial charge in [0.25, 0.3) is 0 Å². The van der Waals surface area contributed by atoms with Crippen LogP contribution in [0.2, 0.25) is 0 Å². The second kappa shape index (κ2) is 6.94. The lowest BCUT2D eigenvalue weighted by Crippen LogP contribution is -2.46. The molecular formula is C21H35NO. The molecule has 1 aromatic carbocycles. The minimum atomic E-state index is 0.232. The molecule has 0 aromatic heterocycles. The van der Waals surface area contributed by atoms with Crippen LogP contribution in [0.5, 0.6) is 0 Å². The van der Waals surface area contributed by atoms with E-state index in [-0.39, 0.29) is 10.8 Å². The minimum absolute atomic E-state index is 0.232. The summed E-state index contributed by atoms with van der Waals surface area (Å²) in [4.78, 5) is 2.48. The second-order valence-corrected chi connectivity index (χ2v) is 9.48. The van der Waals surface area contributed by atoms with Crippen molar-refractivity contribution in [3.63, 3.8) is 0 Å². The van der Waals surface area contributed by atoms with Gasteiger partial charge in [0.05, 0.1) is 12.7 Å². The third-order valence-electron chi connectivity index (χ3n) is 4.70. The van der Waals surface area contributed by atoms with Gasteiger partial charge in [-0.05, 0) is 41.8 Å². The van der Waals surface area contributed by atoms with Gasteiger partial charge in [-0.2, -0.15) is 0 Å². The Morgan fingerprint density at radius 3 is 2.04 bits per heavy atom. The molecule has 2 rings (SSSR count). The van der Waals surface area contributed by atoms with Gasteiger partial charge in [0.15, 0.2) is 0 Å². The molecule has 23 heavy (non-hydrogen) atoms. The van der Waals surface area contributed by atoms with Gasteiger partial charge in [0.1, 0.15) is 0 Å². The summed E-state index contributed by atoms with van der Waals surface area (Å²) in [5, 5.41) is 0. The fraction of sp³-hybridized carbons (Fsp3) is 0.714. The van der Waals surface area contributed by atoms with Crippen LogP contribution in [0.15, 0.2) is 24.3 Å². The number of hydrogen-bond acceptors (Lipinski definition) is 2. The Morgan fingerprint density at radius 1 is 1.00 bits per heavy atom. The van der Waals surface area contributed by atoms with Crippen molar-refractivity contribution >= 4 is 0 Å². The molecule has 0 saturated heterocycles. The first-order valence-electron chi connectivity index (χ1n) is 8.96. The molecule has 1 aliphatic carbocycles. The van der Waals surface area contributed by atoms with Crippen molar-refractivity contribution in [3.05, 3.63) is 35.4 Å². The van der Waals surface area contributed by atoms with Gasteiger partial charge in [0.2, 0.25) is 0 Å². The Kier molecular flexibility index (Phi) is 5.58. The average Bonchev–Trinajstić information content (AvgIpc) is 2.34. The molecule has 1 saturated carbocycles. The molecule has 0 radical (unpaired) electrons. The first kappa shape index (κ1) is 18.5. The monoisotopic (exact) mass is 317 g/mol. The van der Waals surface area contributed by atoms with Crippen molar-refractivity contribution in [1.82, 2.24) is 4.90 Å². The van der Waals surface area contributed by atoms with Crippen LogP contribution in [-0.4, -0.2) is 30.7 Å². The fourth-order valence-electron chi connectivity index (χ4n) is 2.93. The van der Waals surface area contributed by atoms with Gasteiger partial charge in [-0.1, -0.05) is 65.8 Å². The highest BCUT2D eigenvalue weighted by atomic mass is 16.5. The van der Waals surface area contributed by atoms with E-state index in [0.29, 0.717) is 12.1 Å². The maximum absolute atomic E-state index is 6.00. The lowest BCUT2D eigenvalue weighted by atomic mass is 9.86. The van der Waals surface area contributed by atoms with Crippen molar-refractivity contribution in [3.8, 4) is 0 Å². The van der Waals surface area contributed by atoms with Gasteiger partial charge in [-0.15, -0.1) is 0 Å². The van der Waals surface area contributed by atoms with Gasteiger partial charge >= 0.3 is 0 Å². The smallest absolute Gasteiger partial charge is 0.0605 e. The highest BCUT2D eigenvalue weighted by Gasteiger charge is 2.33. The molecule has 0 aliphatic heterocycles. The predicted octanol–water partition coefficient (Wildman–Crippen LogP) is 5.01. The van der Waals surface area contributed by atoms with E-state index in [9.17, 15) is 0 Å². The van der Waals surface area contributed by atoms with E-state index >= 15 is 0 Å². The summed E-state index contributed by atoms with van der Waals surface area (Å²) >= 11 is 0. The van der Waals surface area contributed by atoms with E-state index in [2.05, 4.69) is 77.8 Å². The molecule has 1 aliphatic rings. The normalized spacial score (nSPS) is 22.3. The third kappa shape index (κ3) is 5.61. The largest absolute Gasteiger partial charge is 0.378 e. The molecule has 1 aromatic rings. The van der Waals surface area contributed by atoms with Crippen LogP contribution in [0.3, 0.4) is 0 Å². The quantitative estimate of drug-likeness (QED) is 0.757.